The SMILES string of the molecule is O=C(c1ccc(S(=O)(=O)N2CCOCC2)cc1)N1CCN(Cc2ccc(C(F)(F)F)cc2)CC1. The number of hydrogen-bond donors (Lipinski definition) is 0. The molecule has 2 heterocycles. The number of amides is 1. The number of rotatable bonds is 5. The monoisotopic (exact) mass is 497 g/mol. The molecule has 0 radical (unpaired) electrons. The predicted octanol–water partition coefficient (Wildman–Crippen LogP) is 2.68. The van der Waals surface area contributed by atoms with Crippen molar-refractivity contribution in [2.45, 2.75) is 17.6 Å². The topological polar surface area (TPSA) is 70.2 Å². The Kier molecular flexibility index (Phi) is 7.27. The molecule has 2 saturated heterocycles. The van der Waals surface area contributed by atoms with E-state index < -0.39 is 21.8 Å². The average Bonchev–Trinajstić information content (AvgIpc) is 2.84. The number of ether oxygens (including phenoxy) is 1. The van der Waals surface area contributed by atoms with Gasteiger partial charge < -0.3 is 9.64 Å². The number of sulfonamides is 1. The highest BCUT2D eigenvalue weighted by Gasteiger charge is 2.30. The number of alkyl halides is 3. The molecule has 34 heavy (non-hydrogen) atoms. The zero-order valence-electron chi connectivity index (χ0n) is 18.5. The summed E-state index contributed by atoms with van der Waals surface area (Å²) in [4.78, 5) is 16.8. The van der Waals surface area contributed by atoms with Gasteiger partial charge in [0.25, 0.3) is 5.91 Å². The molecule has 4 rings (SSSR count). The summed E-state index contributed by atoms with van der Waals surface area (Å²) in [6.07, 6.45) is -4.35. The first-order valence-corrected chi connectivity index (χ1v) is 12.4. The second-order valence-corrected chi connectivity index (χ2v) is 10.2. The fourth-order valence-corrected chi connectivity index (χ4v) is 5.46. The summed E-state index contributed by atoms with van der Waals surface area (Å²) in [5, 5.41) is 0. The Morgan fingerprint density at radius 1 is 0.853 bits per heavy atom. The van der Waals surface area contributed by atoms with Gasteiger partial charge in [-0.15, -0.1) is 0 Å². The maximum absolute atomic E-state index is 12.9. The molecule has 0 N–H and O–H groups in total. The number of halogens is 3. The summed E-state index contributed by atoms with van der Waals surface area (Å²) in [5.74, 6) is -0.176. The number of piperazine rings is 1. The van der Waals surface area contributed by atoms with E-state index in [4.69, 9.17) is 4.74 Å². The minimum absolute atomic E-state index is 0.146. The number of carbonyl (C=O) groups excluding carboxylic acids is 1. The van der Waals surface area contributed by atoms with Crippen molar-refractivity contribution in [3.05, 3.63) is 65.2 Å². The lowest BCUT2D eigenvalue weighted by Gasteiger charge is -2.35. The summed E-state index contributed by atoms with van der Waals surface area (Å²) in [7, 11) is -3.62. The van der Waals surface area contributed by atoms with Crippen molar-refractivity contribution in [3.8, 4) is 0 Å². The largest absolute Gasteiger partial charge is 0.416 e. The number of morpholine rings is 1. The Hall–Kier alpha value is -2.47. The van der Waals surface area contributed by atoms with Crippen LogP contribution in [0.15, 0.2) is 53.4 Å². The number of nitrogens with zero attached hydrogens (tertiary/aromatic N) is 3. The fourth-order valence-electron chi connectivity index (χ4n) is 4.05. The summed E-state index contributed by atoms with van der Waals surface area (Å²) in [5.41, 5.74) is 0.525. The molecule has 2 aromatic rings. The van der Waals surface area contributed by atoms with Gasteiger partial charge in [-0.05, 0) is 42.0 Å². The fraction of sp³-hybridized carbons (Fsp3) is 0.435. The summed E-state index contributed by atoms with van der Waals surface area (Å²) in [6, 6.07) is 11.1. The minimum Gasteiger partial charge on any atom is -0.379 e. The van der Waals surface area contributed by atoms with Gasteiger partial charge in [-0.1, -0.05) is 12.1 Å². The van der Waals surface area contributed by atoms with Crippen LogP contribution in [0, 0.1) is 0 Å². The minimum atomic E-state index is -4.35. The molecule has 1 amide bonds. The maximum Gasteiger partial charge on any atom is 0.416 e. The summed E-state index contributed by atoms with van der Waals surface area (Å²) in [6.45, 7) is 3.99. The molecule has 7 nitrogen and oxygen atoms in total. The molecule has 2 aliphatic heterocycles. The Balaban J connectivity index is 1.32. The number of benzene rings is 2. The van der Waals surface area contributed by atoms with E-state index in [9.17, 15) is 26.4 Å². The van der Waals surface area contributed by atoms with Gasteiger partial charge in [0.2, 0.25) is 10.0 Å². The standard InChI is InChI=1S/C23H26F3N3O4S/c24-23(25,26)20-5-1-18(2-6-20)17-27-9-11-28(12-10-27)22(30)19-3-7-21(8-4-19)34(31,32)29-13-15-33-16-14-29/h1-8H,9-17H2. The third-order valence-electron chi connectivity index (χ3n) is 6.06. The van der Waals surface area contributed by atoms with Crippen molar-refractivity contribution in [3.63, 3.8) is 0 Å². The first kappa shape index (κ1) is 24.6. The van der Waals surface area contributed by atoms with E-state index in [1.54, 1.807) is 4.90 Å². The van der Waals surface area contributed by atoms with Crippen LogP contribution >= 0.6 is 0 Å². The van der Waals surface area contributed by atoms with E-state index in [0.29, 0.717) is 64.6 Å². The van der Waals surface area contributed by atoms with Crippen molar-refractivity contribution >= 4 is 15.9 Å². The number of hydrogen-bond acceptors (Lipinski definition) is 5. The average molecular weight is 498 g/mol. The molecule has 2 aromatic carbocycles. The van der Waals surface area contributed by atoms with Gasteiger partial charge in [0, 0.05) is 51.4 Å². The van der Waals surface area contributed by atoms with Crippen LogP contribution in [0.4, 0.5) is 13.2 Å². The Morgan fingerprint density at radius 3 is 2.00 bits per heavy atom. The maximum atomic E-state index is 12.9. The van der Waals surface area contributed by atoms with Crippen LogP contribution < -0.4 is 0 Å². The molecule has 184 valence electrons. The molecule has 2 fully saturated rings. The lowest BCUT2D eigenvalue weighted by atomic mass is 10.1. The van der Waals surface area contributed by atoms with Gasteiger partial charge in [-0.2, -0.15) is 17.5 Å². The van der Waals surface area contributed by atoms with E-state index >= 15 is 0 Å². The van der Waals surface area contributed by atoms with Crippen molar-refractivity contribution in [2.75, 3.05) is 52.5 Å². The number of carbonyl (C=O) groups is 1. The zero-order chi connectivity index (χ0) is 24.3. The molecule has 0 spiro atoms. The zero-order valence-corrected chi connectivity index (χ0v) is 19.3. The first-order valence-electron chi connectivity index (χ1n) is 11.0. The quantitative estimate of drug-likeness (QED) is 0.636. The van der Waals surface area contributed by atoms with Gasteiger partial charge in [0.15, 0.2) is 0 Å². The van der Waals surface area contributed by atoms with Gasteiger partial charge in [-0.3, -0.25) is 9.69 Å². The highest BCUT2D eigenvalue weighted by molar-refractivity contribution is 7.89. The van der Waals surface area contributed by atoms with E-state index in [0.717, 1.165) is 17.7 Å². The molecule has 0 aliphatic carbocycles. The van der Waals surface area contributed by atoms with E-state index in [1.165, 1.54) is 40.7 Å². The molecular weight excluding hydrogens is 471 g/mol. The third kappa shape index (κ3) is 5.60. The van der Waals surface area contributed by atoms with Gasteiger partial charge in [-0.25, -0.2) is 8.42 Å². The van der Waals surface area contributed by atoms with Crippen molar-refractivity contribution in [2.24, 2.45) is 0 Å². The molecule has 11 heteroatoms. The van der Waals surface area contributed by atoms with Crippen LogP contribution in [-0.4, -0.2) is 80.9 Å². The smallest absolute Gasteiger partial charge is 0.379 e. The second kappa shape index (κ2) is 10.0. The van der Waals surface area contributed by atoms with Crippen LogP contribution in [-0.2, 0) is 27.5 Å². The van der Waals surface area contributed by atoms with E-state index in [2.05, 4.69) is 4.90 Å². The van der Waals surface area contributed by atoms with Crippen molar-refractivity contribution in [1.29, 1.82) is 0 Å². The van der Waals surface area contributed by atoms with Crippen LogP contribution in [0.1, 0.15) is 21.5 Å². The van der Waals surface area contributed by atoms with Gasteiger partial charge in [0.05, 0.1) is 23.7 Å². The normalized spacial score (nSPS) is 18.7. The van der Waals surface area contributed by atoms with Crippen molar-refractivity contribution in [1.82, 2.24) is 14.1 Å². The van der Waals surface area contributed by atoms with Crippen LogP contribution in [0.3, 0.4) is 0 Å². The molecule has 0 atom stereocenters. The lowest BCUT2D eigenvalue weighted by molar-refractivity contribution is -0.137. The Bertz CT molecular complexity index is 1090. The summed E-state index contributed by atoms with van der Waals surface area (Å²) >= 11 is 0. The predicted molar refractivity (Wildman–Crippen MR) is 119 cm³/mol. The highest BCUT2D eigenvalue weighted by Crippen LogP contribution is 2.29. The summed E-state index contributed by atoms with van der Waals surface area (Å²) < 4.78 is 70.2. The highest BCUT2D eigenvalue weighted by atomic mass is 32.2. The second-order valence-electron chi connectivity index (χ2n) is 8.30. The van der Waals surface area contributed by atoms with E-state index in [-0.39, 0.29) is 10.8 Å². The Morgan fingerprint density at radius 2 is 1.44 bits per heavy atom. The molecule has 0 bridgehead atoms. The molecule has 0 saturated carbocycles. The molecule has 0 unspecified atom stereocenters. The molecule has 2 aliphatic rings. The third-order valence-corrected chi connectivity index (χ3v) is 7.97. The first-order chi connectivity index (χ1) is 16.1. The van der Waals surface area contributed by atoms with Crippen molar-refractivity contribution < 1.29 is 31.1 Å². The molecule has 0 aromatic heterocycles. The Labute approximate surface area is 196 Å². The van der Waals surface area contributed by atoms with Gasteiger partial charge >= 0.3 is 6.18 Å². The van der Waals surface area contributed by atoms with Crippen LogP contribution in [0.2, 0.25) is 0 Å². The van der Waals surface area contributed by atoms with Crippen LogP contribution in [0.25, 0.3) is 0 Å². The van der Waals surface area contributed by atoms with E-state index in [1.807, 2.05) is 0 Å². The molecular formula is C23H26F3N3O4S. The lowest BCUT2D eigenvalue weighted by Crippen LogP contribution is -2.48. The van der Waals surface area contributed by atoms with Gasteiger partial charge in [0.1, 0.15) is 0 Å². The van der Waals surface area contributed by atoms with Crippen LogP contribution in [0.5, 0.6) is 0 Å².